The normalized spacial score (nSPS) is 13.7. The van der Waals surface area contributed by atoms with E-state index in [1.807, 2.05) is 0 Å². The summed E-state index contributed by atoms with van der Waals surface area (Å²) >= 11 is 0. The Kier molecular flexibility index (Phi) is 7.89. The summed E-state index contributed by atoms with van der Waals surface area (Å²) in [6.45, 7) is 0. The summed E-state index contributed by atoms with van der Waals surface area (Å²) in [5, 5.41) is 8.88. The number of aromatic nitrogens is 2. The maximum atomic E-state index is 5.38. The fourth-order valence-corrected chi connectivity index (χ4v) is 8.77. The molecule has 0 saturated heterocycles. The zero-order valence-electron chi connectivity index (χ0n) is 31.2. The van der Waals surface area contributed by atoms with Crippen molar-refractivity contribution in [2.45, 2.75) is 6.04 Å². The zero-order chi connectivity index (χ0) is 37.7. The highest BCUT2D eigenvalue weighted by molar-refractivity contribution is 6.11. The van der Waals surface area contributed by atoms with Crippen molar-refractivity contribution < 1.29 is 0 Å². The van der Waals surface area contributed by atoms with Gasteiger partial charge in [-0.3, -0.25) is 0 Å². The molecule has 0 aliphatic carbocycles. The van der Waals surface area contributed by atoms with Crippen LogP contribution in [0.4, 0.5) is 5.69 Å². The molecule has 1 aliphatic heterocycles. The minimum Gasteiger partial charge on any atom is -0.374 e. The minimum atomic E-state index is 0.0133. The van der Waals surface area contributed by atoms with E-state index >= 15 is 0 Å². The highest BCUT2D eigenvalue weighted by atomic mass is 15.0. The van der Waals surface area contributed by atoms with Gasteiger partial charge in [-0.1, -0.05) is 164 Å². The summed E-state index contributed by atoms with van der Waals surface area (Å²) < 4.78 is 2.37. The Hall–Kier alpha value is -7.49. The molecule has 0 fully saturated rings. The molecule has 0 bridgehead atoms. The van der Waals surface area contributed by atoms with Crippen molar-refractivity contribution in [3.63, 3.8) is 0 Å². The number of para-hydroxylation sites is 2. The van der Waals surface area contributed by atoms with Gasteiger partial charge in [0.05, 0.1) is 28.5 Å². The van der Waals surface area contributed by atoms with Gasteiger partial charge in [-0.15, -0.1) is 0 Å². The number of pyridine rings is 1. The number of nitrogens with zero attached hydrogens (tertiary/aromatic N) is 2. The molecule has 2 aromatic heterocycles. The van der Waals surface area contributed by atoms with Crippen LogP contribution in [0, 0.1) is 0 Å². The summed E-state index contributed by atoms with van der Waals surface area (Å²) in [6, 6.07) is 74.0. The van der Waals surface area contributed by atoms with E-state index in [0.29, 0.717) is 0 Å². The van der Waals surface area contributed by atoms with Crippen molar-refractivity contribution in [2.24, 2.45) is 0 Å². The Labute approximate surface area is 331 Å². The number of fused-ring (bicyclic) bond motifs is 6. The molecule has 3 heterocycles. The molecule has 268 valence electrons. The SMILES string of the molecule is C1=C(c2ccccc2)c2c(cc(-c3cc(-c4ccccc4)nc(-c4cccc(-n5c6ccccc6c6ccccc65)c4)c3)c3ccccc23)NC1c1ccccc1. The average molecular weight is 728 g/mol. The first-order valence-corrected chi connectivity index (χ1v) is 19.6. The number of benzene rings is 8. The van der Waals surface area contributed by atoms with Gasteiger partial charge in [0.2, 0.25) is 0 Å². The molecule has 0 radical (unpaired) electrons. The standard InChI is InChI=1S/C54H37N3/c1-4-17-36(18-5-1)47-35-50(38-21-8-3-9-22-38)56-51-34-46(42-25-10-11-28-45(42)54(47)51)40-32-48(37-19-6-2-7-20-37)55-49(33-40)39-23-16-24-41(31-39)57-52-29-14-12-26-43(52)44-27-13-15-30-53(44)57/h1-35,50,56H. The molecule has 0 spiro atoms. The summed E-state index contributed by atoms with van der Waals surface area (Å²) in [5.74, 6) is 0. The van der Waals surface area contributed by atoms with E-state index in [1.165, 1.54) is 54.8 Å². The molecule has 3 heteroatoms. The van der Waals surface area contributed by atoms with E-state index in [4.69, 9.17) is 4.98 Å². The number of nitrogens with one attached hydrogen (secondary N) is 1. The van der Waals surface area contributed by atoms with Crippen LogP contribution in [0.1, 0.15) is 22.7 Å². The first kappa shape index (κ1) is 32.9. The van der Waals surface area contributed by atoms with Crippen LogP contribution in [-0.4, -0.2) is 9.55 Å². The van der Waals surface area contributed by atoms with E-state index in [0.717, 1.165) is 45.0 Å². The van der Waals surface area contributed by atoms with Crippen LogP contribution in [0.3, 0.4) is 0 Å². The number of hydrogen-bond acceptors (Lipinski definition) is 2. The van der Waals surface area contributed by atoms with Gasteiger partial charge < -0.3 is 9.88 Å². The quantitative estimate of drug-likeness (QED) is 0.185. The van der Waals surface area contributed by atoms with Crippen molar-refractivity contribution in [1.29, 1.82) is 0 Å². The van der Waals surface area contributed by atoms with E-state index in [1.54, 1.807) is 0 Å². The average Bonchev–Trinajstić information content (AvgIpc) is 3.63. The number of anilines is 1. The first-order chi connectivity index (χ1) is 28.3. The monoisotopic (exact) mass is 727 g/mol. The Morgan fingerprint density at radius 3 is 1.65 bits per heavy atom. The Morgan fingerprint density at radius 2 is 0.965 bits per heavy atom. The fourth-order valence-electron chi connectivity index (χ4n) is 8.77. The minimum absolute atomic E-state index is 0.0133. The lowest BCUT2D eigenvalue weighted by Gasteiger charge is -2.29. The highest BCUT2D eigenvalue weighted by Crippen LogP contribution is 2.46. The molecule has 57 heavy (non-hydrogen) atoms. The van der Waals surface area contributed by atoms with Gasteiger partial charge >= 0.3 is 0 Å². The lowest BCUT2D eigenvalue weighted by Crippen LogP contribution is -2.15. The molecule has 1 atom stereocenters. The lowest BCUT2D eigenvalue weighted by atomic mass is 9.84. The molecular formula is C54H37N3. The largest absolute Gasteiger partial charge is 0.374 e. The second-order valence-corrected chi connectivity index (χ2v) is 14.8. The third-order valence-electron chi connectivity index (χ3n) is 11.4. The van der Waals surface area contributed by atoms with Crippen LogP contribution >= 0.6 is 0 Å². The lowest BCUT2D eigenvalue weighted by molar-refractivity contribution is 0.975. The molecule has 11 rings (SSSR count). The van der Waals surface area contributed by atoms with Gasteiger partial charge in [-0.2, -0.15) is 0 Å². The van der Waals surface area contributed by atoms with Crippen LogP contribution in [0.25, 0.3) is 77.5 Å². The van der Waals surface area contributed by atoms with Crippen molar-refractivity contribution in [3.8, 4) is 39.3 Å². The Bertz CT molecular complexity index is 3090. The van der Waals surface area contributed by atoms with Gasteiger partial charge in [0.1, 0.15) is 0 Å². The summed E-state index contributed by atoms with van der Waals surface area (Å²) in [5.41, 5.74) is 15.8. The van der Waals surface area contributed by atoms with Gasteiger partial charge in [0, 0.05) is 38.8 Å². The second kappa shape index (κ2) is 13.7. The topological polar surface area (TPSA) is 29.9 Å². The molecule has 3 nitrogen and oxygen atoms in total. The molecular weight excluding hydrogens is 691 g/mol. The molecule has 0 amide bonds. The summed E-state index contributed by atoms with van der Waals surface area (Å²) in [7, 11) is 0. The molecule has 10 aromatic rings. The summed E-state index contributed by atoms with van der Waals surface area (Å²) in [4.78, 5) is 5.38. The molecule has 0 saturated carbocycles. The van der Waals surface area contributed by atoms with Crippen molar-refractivity contribution >= 4 is 43.8 Å². The van der Waals surface area contributed by atoms with Gasteiger partial charge in [0.25, 0.3) is 0 Å². The molecule has 1 aliphatic rings. The summed E-state index contributed by atoms with van der Waals surface area (Å²) in [6.07, 6.45) is 2.39. The predicted octanol–water partition coefficient (Wildman–Crippen LogP) is 13.9. The van der Waals surface area contributed by atoms with Crippen LogP contribution in [0.5, 0.6) is 0 Å². The smallest absolute Gasteiger partial charge is 0.0716 e. The molecule has 8 aromatic carbocycles. The van der Waals surface area contributed by atoms with Crippen molar-refractivity contribution in [2.75, 3.05) is 5.32 Å². The highest BCUT2D eigenvalue weighted by Gasteiger charge is 2.25. The van der Waals surface area contributed by atoms with Crippen LogP contribution < -0.4 is 5.32 Å². The van der Waals surface area contributed by atoms with E-state index in [-0.39, 0.29) is 6.04 Å². The third-order valence-corrected chi connectivity index (χ3v) is 11.4. The van der Waals surface area contributed by atoms with Crippen molar-refractivity contribution in [1.82, 2.24) is 9.55 Å². The Morgan fingerprint density at radius 1 is 0.421 bits per heavy atom. The van der Waals surface area contributed by atoms with Gasteiger partial charge in [-0.05, 0) is 87.1 Å². The molecule has 1 N–H and O–H groups in total. The van der Waals surface area contributed by atoms with Crippen molar-refractivity contribution in [3.05, 3.63) is 229 Å². The zero-order valence-corrected chi connectivity index (χ0v) is 31.2. The third kappa shape index (κ3) is 5.71. The van der Waals surface area contributed by atoms with Crippen LogP contribution in [0.15, 0.2) is 212 Å². The van der Waals surface area contributed by atoms with Gasteiger partial charge in [0.15, 0.2) is 0 Å². The second-order valence-electron chi connectivity index (χ2n) is 14.8. The van der Waals surface area contributed by atoms with Crippen LogP contribution in [-0.2, 0) is 0 Å². The van der Waals surface area contributed by atoms with E-state index in [2.05, 4.69) is 222 Å². The number of hydrogen-bond donors (Lipinski definition) is 1. The van der Waals surface area contributed by atoms with Crippen LogP contribution in [0.2, 0.25) is 0 Å². The predicted molar refractivity (Wildman–Crippen MR) is 239 cm³/mol. The maximum absolute atomic E-state index is 5.38. The number of rotatable bonds is 6. The maximum Gasteiger partial charge on any atom is 0.0716 e. The van der Waals surface area contributed by atoms with E-state index in [9.17, 15) is 0 Å². The first-order valence-electron chi connectivity index (χ1n) is 19.6. The Balaban J connectivity index is 1.13. The fraction of sp³-hybridized carbons (Fsp3) is 0.0185. The van der Waals surface area contributed by atoms with E-state index < -0.39 is 0 Å². The molecule has 1 unspecified atom stereocenters. The van der Waals surface area contributed by atoms with Gasteiger partial charge in [-0.25, -0.2) is 4.98 Å².